The van der Waals surface area contributed by atoms with Gasteiger partial charge in [-0.15, -0.1) is 11.3 Å². The average Bonchev–Trinajstić information content (AvgIpc) is 2.67. The summed E-state index contributed by atoms with van der Waals surface area (Å²) in [7, 11) is 1.52. The predicted molar refractivity (Wildman–Crippen MR) is 57.4 cm³/mol. The highest BCUT2D eigenvalue weighted by atomic mass is 32.1. The largest absolute Gasteiger partial charge is 0.375 e. The van der Waals surface area contributed by atoms with Crippen molar-refractivity contribution in [1.82, 2.24) is 5.32 Å². The van der Waals surface area contributed by atoms with Crippen LogP contribution in [-0.4, -0.2) is 19.6 Å². The molecule has 78 valence electrons. The van der Waals surface area contributed by atoms with E-state index in [-0.39, 0.29) is 18.6 Å². The maximum Gasteiger partial charge on any atom is 0.246 e. The van der Waals surface area contributed by atoms with Crippen LogP contribution in [0.2, 0.25) is 0 Å². The molecule has 0 aromatic carbocycles. The molecular weight excluding hydrogens is 198 g/mol. The van der Waals surface area contributed by atoms with Crippen LogP contribution in [-0.2, 0) is 9.53 Å². The van der Waals surface area contributed by atoms with Gasteiger partial charge in [0.15, 0.2) is 0 Å². The van der Waals surface area contributed by atoms with E-state index in [0.717, 1.165) is 6.42 Å². The molecule has 1 N–H and O–H groups in total. The molecule has 14 heavy (non-hydrogen) atoms. The summed E-state index contributed by atoms with van der Waals surface area (Å²) >= 11 is 1.66. The Morgan fingerprint density at radius 2 is 2.50 bits per heavy atom. The first-order valence-electron chi connectivity index (χ1n) is 4.59. The fourth-order valence-corrected chi connectivity index (χ4v) is 2.09. The highest BCUT2D eigenvalue weighted by molar-refractivity contribution is 7.10. The molecule has 0 fully saturated rings. The molecule has 0 aliphatic rings. The molecule has 1 unspecified atom stereocenters. The quantitative estimate of drug-likeness (QED) is 0.812. The number of hydrogen-bond acceptors (Lipinski definition) is 3. The molecular formula is C10H15NO2S. The van der Waals surface area contributed by atoms with Crippen LogP contribution < -0.4 is 5.32 Å². The lowest BCUT2D eigenvalue weighted by Crippen LogP contribution is -2.30. The Bertz CT molecular complexity index is 272. The molecule has 0 spiro atoms. The Morgan fingerprint density at radius 1 is 1.71 bits per heavy atom. The molecule has 1 atom stereocenters. The van der Waals surface area contributed by atoms with E-state index in [0.29, 0.717) is 0 Å². The second kappa shape index (κ2) is 5.78. The molecule has 4 heteroatoms. The fraction of sp³-hybridized carbons (Fsp3) is 0.500. The van der Waals surface area contributed by atoms with Crippen molar-refractivity contribution in [3.05, 3.63) is 22.4 Å². The van der Waals surface area contributed by atoms with Crippen LogP contribution in [0.15, 0.2) is 17.5 Å². The zero-order valence-corrected chi connectivity index (χ0v) is 9.26. The van der Waals surface area contributed by atoms with E-state index < -0.39 is 0 Å². The van der Waals surface area contributed by atoms with E-state index >= 15 is 0 Å². The van der Waals surface area contributed by atoms with Crippen molar-refractivity contribution in [2.45, 2.75) is 19.4 Å². The normalized spacial score (nSPS) is 12.4. The number of ether oxygens (including phenoxy) is 1. The minimum atomic E-state index is -0.0623. The van der Waals surface area contributed by atoms with E-state index in [2.05, 4.69) is 12.2 Å². The first kappa shape index (κ1) is 11.2. The van der Waals surface area contributed by atoms with E-state index in [1.54, 1.807) is 11.3 Å². The molecule has 0 radical (unpaired) electrons. The zero-order valence-electron chi connectivity index (χ0n) is 8.45. The van der Waals surface area contributed by atoms with Gasteiger partial charge in [0.05, 0.1) is 6.04 Å². The summed E-state index contributed by atoms with van der Waals surface area (Å²) in [5.74, 6) is -0.0623. The minimum absolute atomic E-state index is 0.0623. The molecule has 3 nitrogen and oxygen atoms in total. The maximum atomic E-state index is 11.3. The molecule has 1 amide bonds. The van der Waals surface area contributed by atoms with E-state index in [4.69, 9.17) is 4.74 Å². The molecule has 0 aliphatic carbocycles. The Morgan fingerprint density at radius 3 is 3.00 bits per heavy atom. The van der Waals surface area contributed by atoms with E-state index in [1.165, 1.54) is 12.0 Å². The third kappa shape index (κ3) is 3.12. The smallest absolute Gasteiger partial charge is 0.246 e. The standard InChI is InChI=1S/C10H15NO2S/c1-3-8(9-5-4-6-14-9)11-10(12)7-13-2/h4-6,8H,3,7H2,1-2H3,(H,11,12). The van der Waals surface area contributed by atoms with Gasteiger partial charge in [0.25, 0.3) is 0 Å². The fourth-order valence-electron chi connectivity index (χ4n) is 1.23. The van der Waals surface area contributed by atoms with Gasteiger partial charge in [-0.05, 0) is 17.9 Å². The molecule has 1 heterocycles. The van der Waals surface area contributed by atoms with Gasteiger partial charge in [0, 0.05) is 12.0 Å². The summed E-state index contributed by atoms with van der Waals surface area (Å²) < 4.78 is 4.76. The number of nitrogens with one attached hydrogen (secondary N) is 1. The summed E-state index contributed by atoms with van der Waals surface area (Å²) in [4.78, 5) is 12.5. The predicted octanol–water partition coefficient (Wildman–Crippen LogP) is 1.96. The van der Waals surface area contributed by atoms with Gasteiger partial charge in [-0.3, -0.25) is 4.79 Å². The number of carbonyl (C=O) groups excluding carboxylic acids is 1. The maximum absolute atomic E-state index is 11.3. The monoisotopic (exact) mass is 213 g/mol. The Hall–Kier alpha value is -0.870. The van der Waals surface area contributed by atoms with Crippen molar-refractivity contribution < 1.29 is 9.53 Å². The number of carbonyl (C=O) groups is 1. The first-order chi connectivity index (χ1) is 6.77. The van der Waals surface area contributed by atoms with E-state index in [1.807, 2.05) is 17.5 Å². The van der Waals surface area contributed by atoms with Crippen molar-refractivity contribution >= 4 is 17.2 Å². The molecule has 0 bridgehead atoms. The van der Waals surface area contributed by atoms with Crippen LogP contribution in [0, 0.1) is 0 Å². The lowest BCUT2D eigenvalue weighted by Gasteiger charge is -2.14. The summed E-state index contributed by atoms with van der Waals surface area (Å²) in [5, 5.41) is 4.93. The van der Waals surface area contributed by atoms with Gasteiger partial charge in [0.2, 0.25) is 5.91 Å². The van der Waals surface area contributed by atoms with Gasteiger partial charge >= 0.3 is 0 Å². The van der Waals surface area contributed by atoms with Crippen molar-refractivity contribution in [2.75, 3.05) is 13.7 Å². The van der Waals surface area contributed by atoms with Crippen LogP contribution >= 0.6 is 11.3 Å². The van der Waals surface area contributed by atoms with Gasteiger partial charge in [-0.1, -0.05) is 13.0 Å². The van der Waals surface area contributed by atoms with Crippen molar-refractivity contribution in [3.63, 3.8) is 0 Å². The number of hydrogen-bond donors (Lipinski definition) is 1. The van der Waals surface area contributed by atoms with Gasteiger partial charge < -0.3 is 10.1 Å². The van der Waals surface area contributed by atoms with Gasteiger partial charge in [0.1, 0.15) is 6.61 Å². The van der Waals surface area contributed by atoms with Crippen molar-refractivity contribution in [1.29, 1.82) is 0 Å². The van der Waals surface area contributed by atoms with Crippen LogP contribution in [0.5, 0.6) is 0 Å². The second-order valence-corrected chi connectivity index (χ2v) is 3.96. The van der Waals surface area contributed by atoms with Gasteiger partial charge in [-0.2, -0.15) is 0 Å². The minimum Gasteiger partial charge on any atom is -0.375 e. The Kier molecular flexibility index (Phi) is 4.62. The number of rotatable bonds is 5. The van der Waals surface area contributed by atoms with Crippen LogP contribution in [0.25, 0.3) is 0 Å². The van der Waals surface area contributed by atoms with Crippen LogP contribution in [0.1, 0.15) is 24.3 Å². The van der Waals surface area contributed by atoms with Crippen LogP contribution in [0.4, 0.5) is 0 Å². The molecule has 1 aromatic heterocycles. The van der Waals surface area contributed by atoms with Crippen LogP contribution in [0.3, 0.4) is 0 Å². The Balaban J connectivity index is 2.51. The highest BCUT2D eigenvalue weighted by Gasteiger charge is 2.12. The summed E-state index contributed by atoms with van der Waals surface area (Å²) in [5.41, 5.74) is 0. The third-order valence-corrected chi connectivity index (χ3v) is 2.89. The summed E-state index contributed by atoms with van der Waals surface area (Å²) in [6.07, 6.45) is 0.899. The zero-order chi connectivity index (χ0) is 10.4. The first-order valence-corrected chi connectivity index (χ1v) is 5.47. The molecule has 0 saturated heterocycles. The molecule has 0 aliphatic heterocycles. The number of amides is 1. The molecule has 1 aromatic rings. The summed E-state index contributed by atoms with van der Waals surface area (Å²) in [6, 6.07) is 4.15. The second-order valence-electron chi connectivity index (χ2n) is 2.98. The number of thiophene rings is 1. The topological polar surface area (TPSA) is 38.3 Å². The van der Waals surface area contributed by atoms with E-state index in [9.17, 15) is 4.79 Å². The molecule has 1 rings (SSSR count). The Labute approximate surface area is 88.1 Å². The SMILES string of the molecule is CCC(NC(=O)COC)c1cccs1. The van der Waals surface area contributed by atoms with Crippen molar-refractivity contribution in [2.24, 2.45) is 0 Å². The third-order valence-electron chi connectivity index (χ3n) is 1.91. The lowest BCUT2D eigenvalue weighted by molar-refractivity contribution is -0.125. The molecule has 0 saturated carbocycles. The highest BCUT2D eigenvalue weighted by Crippen LogP contribution is 2.21. The number of methoxy groups -OCH3 is 1. The van der Waals surface area contributed by atoms with Gasteiger partial charge in [-0.25, -0.2) is 0 Å². The average molecular weight is 213 g/mol. The summed E-state index contributed by atoms with van der Waals surface area (Å²) in [6.45, 7) is 2.18. The van der Waals surface area contributed by atoms with Crippen molar-refractivity contribution in [3.8, 4) is 0 Å². The lowest BCUT2D eigenvalue weighted by atomic mass is 10.2.